The summed E-state index contributed by atoms with van der Waals surface area (Å²) in [5, 5.41) is 11.1. The number of anilines is 1. The Bertz CT molecular complexity index is 1380. The monoisotopic (exact) mass is 605 g/mol. The van der Waals surface area contributed by atoms with Crippen LogP contribution in [-0.2, 0) is 19.1 Å². The summed E-state index contributed by atoms with van der Waals surface area (Å²) in [7, 11) is 0. The van der Waals surface area contributed by atoms with Gasteiger partial charge in [-0.1, -0.05) is 73.1 Å². The number of fused-ring (bicyclic) bond motifs is 1. The molecular weight excluding hydrogens is 566 g/mol. The molecule has 1 N–H and O–H groups in total. The number of aliphatic hydroxyl groups is 1. The van der Waals surface area contributed by atoms with E-state index in [0.717, 1.165) is 12.0 Å². The molecule has 8 nitrogen and oxygen atoms in total. The van der Waals surface area contributed by atoms with Gasteiger partial charge in [0.1, 0.15) is 11.6 Å². The van der Waals surface area contributed by atoms with E-state index >= 15 is 0 Å². The van der Waals surface area contributed by atoms with Gasteiger partial charge in [-0.3, -0.25) is 14.4 Å². The number of hydrogen-bond acceptors (Lipinski definition) is 5. The molecule has 3 heterocycles. The molecule has 0 aromatic heterocycles. The molecule has 2 bridgehead atoms. The van der Waals surface area contributed by atoms with Crippen LogP contribution in [0.3, 0.4) is 0 Å². The van der Waals surface area contributed by atoms with Crippen LogP contribution >= 0.6 is 11.6 Å². The Kier molecular flexibility index (Phi) is 9.11. The molecule has 0 aliphatic carbocycles. The number of nitrogens with zero attached hydrogens (tertiary/aromatic N) is 3. The third-order valence-corrected chi connectivity index (χ3v) is 9.45. The average Bonchev–Trinajstić information content (AvgIpc) is 3.64. The molecule has 228 valence electrons. The number of carbonyl (C=O) groups is 3. The summed E-state index contributed by atoms with van der Waals surface area (Å²) in [6.45, 7) is 12.2. The van der Waals surface area contributed by atoms with Crippen molar-refractivity contribution < 1.29 is 24.2 Å². The quantitative estimate of drug-likeness (QED) is 0.354. The van der Waals surface area contributed by atoms with Gasteiger partial charge in [-0.25, -0.2) is 0 Å². The molecule has 0 radical (unpaired) electrons. The Balaban J connectivity index is 1.66. The first-order chi connectivity index (χ1) is 20.7. The van der Waals surface area contributed by atoms with Crippen molar-refractivity contribution in [1.82, 2.24) is 9.80 Å². The van der Waals surface area contributed by atoms with Crippen LogP contribution in [0.15, 0.2) is 73.8 Å². The minimum atomic E-state index is -1.23. The van der Waals surface area contributed by atoms with Crippen LogP contribution in [0.25, 0.3) is 0 Å². The third kappa shape index (κ3) is 5.09. The Morgan fingerprint density at radius 2 is 1.86 bits per heavy atom. The van der Waals surface area contributed by atoms with Crippen molar-refractivity contribution in [2.75, 3.05) is 31.1 Å². The largest absolute Gasteiger partial charge is 0.394 e. The Morgan fingerprint density at radius 3 is 2.49 bits per heavy atom. The van der Waals surface area contributed by atoms with E-state index in [1.165, 1.54) is 4.90 Å². The second kappa shape index (κ2) is 12.6. The number of carbonyl (C=O) groups excluding carboxylic acids is 3. The van der Waals surface area contributed by atoms with Crippen LogP contribution in [0.5, 0.6) is 0 Å². The third-order valence-electron chi connectivity index (χ3n) is 9.14. The van der Waals surface area contributed by atoms with Crippen molar-refractivity contribution in [1.29, 1.82) is 0 Å². The fraction of sp³-hybridized carbons (Fsp3) is 0.441. The number of ether oxygens (including phenoxy) is 1. The summed E-state index contributed by atoms with van der Waals surface area (Å²) in [4.78, 5) is 48.5. The molecule has 43 heavy (non-hydrogen) atoms. The van der Waals surface area contributed by atoms with Crippen molar-refractivity contribution in [3.05, 3.63) is 90.0 Å². The molecule has 3 aliphatic heterocycles. The lowest BCUT2D eigenvalue weighted by Crippen LogP contribution is -2.57. The van der Waals surface area contributed by atoms with Crippen molar-refractivity contribution in [2.24, 2.45) is 11.8 Å². The average molecular weight is 606 g/mol. The van der Waals surface area contributed by atoms with E-state index in [2.05, 4.69) is 13.2 Å². The first-order valence-corrected chi connectivity index (χ1v) is 15.4. The highest BCUT2D eigenvalue weighted by atomic mass is 35.5. The Labute approximate surface area is 258 Å². The number of aliphatic hydroxyl groups excluding tert-OH is 1. The van der Waals surface area contributed by atoms with Crippen molar-refractivity contribution in [3.8, 4) is 0 Å². The summed E-state index contributed by atoms with van der Waals surface area (Å²) in [5.41, 5.74) is 0.774. The Morgan fingerprint density at radius 1 is 1.14 bits per heavy atom. The first-order valence-electron chi connectivity index (χ1n) is 15.0. The maximum Gasteiger partial charge on any atom is 0.253 e. The highest BCUT2D eigenvalue weighted by Gasteiger charge is 2.75. The summed E-state index contributed by atoms with van der Waals surface area (Å²) < 4.78 is 6.69. The van der Waals surface area contributed by atoms with Gasteiger partial charge in [0, 0.05) is 19.6 Å². The molecular formula is C34H40ClN3O5. The van der Waals surface area contributed by atoms with Gasteiger partial charge in [-0.15, -0.1) is 13.2 Å². The molecule has 2 aromatic rings. The van der Waals surface area contributed by atoms with Gasteiger partial charge in [0.15, 0.2) is 0 Å². The van der Waals surface area contributed by atoms with Gasteiger partial charge < -0.3 is 24.5 Å². The maximum atomic E-state index is 14.9. The topological polar surface area (TPSA) is 90.4 Å². The van der Waals surface area contributed by atoms with Crippen LogP contribution < -0.4 is 4.90 Å². The predicted molar refractivity (Wildman–Crippen MR) is 167 cm³/mol. The lowest BCUT2D eigenvalue weighted by atomic mass is 9.70. The lowest BCUT2D eigenvalue weighted by molar-refractivity contribution is -0.147. The van der Waals surface area contributed by atoms with Crippen LogP contribution in [0.2, 0.25) is 5.02 Å². The molecule has 5 rings (SSSR count). The van der Waals surface area contributed by atoms with E-state index < -0.39 is 42.2 Å². The first kappa shape index (κ1) is 31.0. The van der Waals surface area contributed by atoms with E-state index in [9.17, 15) is 19.5 Å². The number of para-hydroxylation sites is 1. The smallest absolute Gasteiger partial charge is 0.253 e. The Hall–Kier alpha value is -3.46. The van der Waals surface area contributed by atoms with Crippen molar-refractivity contribution in [3.63, 3.8) is 0 Å². The standard InChI is InChI=1S/C34H40ClN3O5/c1-5-18-36(19-6-2)31(40)27-26-16-17-34(43-26)28(27)32(41)38(25(21-39)23-13-9-8-10-14-23)30(34)33(42)37(20-7-3)29-22(4)12-11-15-24(29)35/h5,7-15,25-28,30,39H,1,3,6,16-21H2,2,4H3/t25-,26+,27-,28+,30?,34?/m1/s1. The van der Waals surface area contributed by atoms with Gasteiger partial charge in [-0.05, 0) is 43.4 Å². The molecule has 9 heteroatoms. The molecule has 6 atom stereocenters. The summed E-state index contributed by atoms with van der Waals surface area (Å²) in [5.74, 6) is -2.51. The second-order valence-electron chi connectivity index (χ2n) is 11.6. The number of hydrogen-bond donors (Lipinski definition) is 1. The highest BCUT2D eigenvalue weighted by Crippen LogP contribution is 2.60. The van der Waals surface area contributed by atoms with Gasteiger partial charge in [-0.2, -0.15) is 0 Å². The summed E-state index contributed by atoms with van der Waals surface area (Å²) >= 11 is 6.67. The van der Waals surface area contributed by atoms with E-state index in [0.29, 0.717) is 42.2 Å². The van der Waals surface area contributed by atoms with Gasteiger partial charge in [0.25, 0.3) is 5.91 Å². The zero-order valence-electron chi connectivity index (χ0n) is 24.8. The van der Waals surface area contributed by atoms with Gasteiger partial charge >= 0.3 is 0 Å². The molecule has 2 unspecified atom stereocenters. The second-order valence-corrected chi connectivity index (χ2v) is 12.0. The molecule has 0 saturated carbocycles. The SMILES string of the molecule is C=CCN(CCC)C(=O)[C@@H]1[C@@H]2CCC3(O2)C(C(=O)N(CC=C)c2c(C)cccc2Cl)N([C@H](CO)c2ccccc2)C(=O)[C@H]13. The zero-order chi connectivity index (χ0) is 30.9. The number of benzene rings is 2. The maximum absolute atomic E-state index is 14.9. The molecule has 3 amide bonds. The number of likely N-dealkylation sites (tertiary alicyclic amines) is 1. The number of amides is 3. The van der Waals surface area contributed by atoms with E-state index in [1.54, 1.807) is 28.0 Å². The fourth-order valence-corrected chi connectivity index (χ4v) is 7.80. The van der Waals surface area contributed by atoms with Crippen molar-refractivity contribution in [2.45, 2.75) is 56.9 Å². The number of halogens is 1. The fourth-order valence-electron chi connectivity index (χ4n) is 7.48. The molecule has 2 aromatic carbocycles. The van der Waals surface area contributed by atoms with E-state index in [-0.39, 0.29) is 24.3 Å². The predicted octanol–water partition coefficient (Wildman–Crippen LogP) is 4.70. The minimum Gasteiger partial charge on any atom is -0.394 e. The number of aryl methyl sites for hydroxylation is 1. The summed E-state index contributed by atoms with van der Waals surface area (Å²) in [6, 6.07) is 12.7. The van der Waals surface area contributed by atoms with Crippen LogP contribution in [-0.4, -0.2) is 76.6 Å². The highest BCUT2D eigenvalue weighted by molar-refractivity contribution is 6.34. The molecule has 3 aliphatic rings. The van der Waals surface area contributed by atoms with Crippen LogP contribution in [0.1, 0.15) is 43.4 Å². The minimum absolute atomic E-state index is 0.146. The van der Waals surface area contributed by atoms with E-state index in [1.807, 2.05) is 56.3 Å². The normalized spacial score (nSPS) is 26.2. The number of rotatable bonds is 12. The van der Waals surface area contributed by atoms with Gasteiger partial charge in [0.05, 0.1) is 41.3 Å². The molecule has 3 fully saturated rings. The van der Waals surface area contributed by atoms with Crippen molar-refractivity contribution >= 4 is 35.0 Å². The van der Waals surface area contributed by atoms with Crippen LogP contribution in [0.4, 0.5) is 5.69 Å². The zero-order valence-corrected chi connectivity index (χ0v) is 25.6. The van der Waals surface area contributed by atoms with Gasteiger partial charge in [0.2, 0.25) is 11.8 Å². The molecule has 1 spiro atoms. The van der Waals surface area contributed by atoms with E-state index in [4.69, 9.17) is 16.3 Å². The summed E-state index contributed by atoms with van der Waals surface area (Å²) in [6.07, 6.45) is 4.56. The van der Waals surface area contributed by atoms with Crippen LogP contribution in [0, 0.1) is 18.8 Å². The molecule has 3 saturated heterocycles. The lowest BCUT2D eigenvalue weighted by Gasteiger charge is -2.39.